The van der Waals surface area contributed by atoms with Crippen LogP contribution in [0, 0.1) is 11.3 Å². The third-order valence-electron chi connectivity index (χ3n) is 4.05. The molecule has 0 amide bonds. The van der Waals surface area contributed by atoms with E-state index in [1.807, 2.05) is 0 Å². The molecule has 0 aliphatic carbocycles. The van der Waals surface area contributed by atoms with Crippen LogP contribution < -0.4 is 5.32 Å². The lowest BCUT2D eigenvalue weighted by Crippen LogP contribution is -2.19. The van der Waals surface area contributed by atoms with Crippen LogP contribution in [-0.2, 0) is 0 Å². The van der Waals surface area contributed by atoms with Gasteiger partial charge >= 0.3 is 0 Å². The zero-order valence-electron chi connectivity index (χ0n) is 16.0. The van der Waals surface area contributed by atoms with E-state index in [9.17, 15) is 0 Å². The molecular formula is C22H35N. The third kappa shape index (κ3) is 7.54. The minimum Gasteiger partial charge on any atom is -0.385 e. The number of hydrogen-bond donors (Lipinski definition) is 1. The fourth-order valence-electron chi connectivity index (χ4n) is 2.72. The Morgan fingerprint density at radius 1 is 1.17 bits per heavy atom. The van der Waals surface area contributed by atoms with Gasteiger partial charge in [0.05, 0.1) is 0 Å². The molecule has 0 fully saturated rings. The Bertz CT molecular complexity index is 514. The minimum absolute atomic E-state index is 0.211. The standard InChI is InChI=1S/C22H35N/c1-8-9-10-17(2)16-23-19(4)21-13-11-20(12-14-21)18(3)15-22(5,6)7/h11-15,17,23H,4,8-10,16H2,1-3,5-7H3/b18-15+. The number of unbranched alkanes of at least 4 members (excludes halogenated alkanes) is 1. The van der Waals surface area contributed by atoms with Crippen LogP contribution in [0.15, 0.2) is 36.9 Å². The molecule has 0 heterocycles. The molecule has 128 valence electrons. The zero-order valence-corrected chi connectivity index (χ0v) is 16.0. The highest BCUT2D eigenvalue weighted by molar-refractivity contribution is 5.68. The lowest BCUT2D eigenvalue weighted by atomic mass is 9.91. The molecule has 0 aromatic heterocycles. The maximum atomic E-state index is 4.19. The Morgan fingerprint density at radius 2 is 1.74 bits per heavy atom. The second-order valence-electron chi connectivity index (χ2n) is 7.88. The van der Waals surface area contributed by atoms with Crippen LogP contribution in [0.1, 0.15) is 71.9 Å². The molecule has 0 aliphatic heterocycles. The van der Waals surface area contributed by atoms with E-state index in [0.29, 0.717) is 5.92 Å². The minimum atomic E-state index is 0.211. The van der Waals surface area contributed by atoms with Crippen molar-refractivity contribution in [2.45, 2.75) is 60.8 Å². The highest BCUT2D eigenvalue weighted by Crippen LogP contribution is 2.24. The molecule has 1 nitrogen and oxygen atoms in total. The average Bonchev–Trinajstić information content (AvgIpc) is 2.49. The van der Waals surface area contributed by atoms with Crippen LogP contribution >= 0.6 is 0 Å². The molecule has 1 aromatic rings. The SMILES string of the molecule is C=C(NCC(C)CCCC)c1ccc(/C(C)=C/C(C)(C)C)cc1. The summed E-state index contributed by atoms with van der Waals surface area (Å²) in [5, 5.41) is 3.49. The summed E-state index contributed by atoms with van der Waals surface area (Å²) in [6.45, 7) is 18.6. The Morgan fingerprint density at radius 3 is 2.26 bits per heavy atom. The first-order chi connectivity index (χ1) is 10.7. The number of rotatable bonds is 8. The van der Waals surface area contributed by atoms with Crippen molar-refractivity contribution in [1.82, 2.24) is 5.32 Å². The van der Waals surface area contributed by atoms with Crippen LogP contribution in [0.2, 0.25) is 0 Å². The maximum Gasteiger partial charge on any atom is 0.0340 e. The van der Waals surface area contributed by atoms with E-state index in [4.69, 9.17) is 0 Å². The van der Waals surface area contributed by atoms with Gasteiger partial charge in [-0.05, 0) is 41.4 Å². The highest BCUT2D eigenvalue weighted by Gasteiger charge is 2.08. The van der Waals surface area contributed by atoms with E-state index in [0.717, 1.165) is 12.2 Å². The first-order valence-corrected chi connectivity index (χ1v) is 8.96. The quantitative estimate of drug-likeness (QED) is 0.576. The molecule has 1 N–H and O–H groups in total. The van der Waals surface area contributed by atoms with Crippen molar-refractivity contribution in [1.29, 1.82) is 0 Å². The summed E-state index contributed by atoms with van der Waals surface area (Å²) >= 11 is 0. The predicted molar refractivity (Wildman–Crippen MR) is 105 cm³/mol. The maximum absolute atomic E-state index is 4.19. The molecule has 0 spiro atoms. The van der Waals surface area contributed by atoms with Gasteiger partial charge in [-0.1, -0.05) is 84.4 Å². The Kier molecular flexibility index (Phi) is 7.61. The molecular weight excluding hydrogens is 278 g/mol. The van der Waals surface area contributed by atoms with Gasteiger partial charge in [0.2, 0.25) is 0 Å². The van der Waals surface area contributed by atoms with Crippen LogP contribution in [0.3, 0.4) is 0 Å². The van der Waals surface area contributed by atoms with E-state index in [1.165, 1.54) is 36.0 Å². The molecule has 0 saturated carbocycles. The number of nitrogens with one attached hydrogen (secondary N) is 1. The molecule has 0 aliphatic rings. The summed E-state index contributed by atoms with van der Waals surface area (Å²) in [5.74, 6) is 0.697. The van der Waals surface area contributed by atoms with Crippen molar-refractivity contribution in [2.24, 2.45) is 11.3 Å². The van der Waals surface area contributed by atoms with Gasteiger partial charge in [-0.2, -0.15) is 0 Å². The Labute approximate surface area is 143 Å². The van der Waals surface area contributed by atoms with E-state index in [1.54, 1.807) is 0 Å². The van der Waals surface area contributed by atoms with Gasteiger partial charge in [-0.25, -0.2) is 0 Å². The number of hydrogen-bond acceptors (Lipinski definition) is 1. The van der Waals surface area contributed by atoms with Crippen LogP contribution in [0.4, 0.5) is 0 Å². The van der Waals surface area contributed by atoms with Crippen LogP contribution in [0.5, 0.6) is 0 Å². The van der Waals surface area contributed by atoms with Crippen molar-refractivity contribution < 1.29 is 0 Å². The van der Waals surface area contributed by atoms with E-state index < -0.39 is 0 Å². The topological polar surface area (TPSA) is 12.0 Å². The van der Waals surface area contributed by atoms with Crippen molar-refractivity contribution in [3.05, 3.63) is 48.0 Å². The van der Waals surface area contributed by atoms with Crippen LogP contribution in [0.25, 0.3) is 11.3 Å². The summed E-state index contributed by atoms with van der Waals surface area (Å²) in [6.07, 6.45) is 6.19. The third-order valence-corrected chi connectivity index (χ3v) is 4.05. The average molecular weight is 314 g/mol. The summed E-state index contributed by atoms with van der Waals surface area (Å²) in [5.41, 5.74) is 5.03. The molecule has 0 radical (unpaired) electrons. The van der Waals surface area contributed by atoms with Gasteiger partial charge < -0.3 is 5.32 Å². The largest absolute Gasteiger partial charge is 0.385 e. The molecule has 1 atom stereocenters. The van der Waals surface area contributed by atoms with E-state index in [-0.39, 0.29) is 5.41 Å². The normalized spacial score (nSPS) is 13.7. The second kappa shape index (κ2) is 8.96. The van der Waals surface area contributed by atoms with Crippen molar-refractivity contribution in [3.63, 3.8) is 0 Å². The lowest BCUT2D eigenvalue weighted by Gasteiger charge is -2.16. The molecule has 1 aromatic carbocycles. The molecule has 1 rings (SSSR count). The monoisotopic (exact) mass is 313 g/mol. The summed E-state index contributed by atoms with van der Waals surface area (Å²) in [7, 11) is 0. The first-order valence-electron chi connectivity index (χ1n) is 8.96. The zero-order chi connectivity index (χ0) is 17.5. The molecule has 23 heavy (non-hydrogen) atoms. The molecule has 1 heteroatoms. The van der Waals surface area contributed by atoms with Crippen LogP contribution in [-0.4, -0.2) is 6.54 Å². The second-order valence-corrected chi connectivity index (χ2v) is 7.88. The van der Waals surface area contributed by atoms with Gasteiger partial charge in [0.1, 0.15) is 0 Å². The summed E-state index contributed by atoms with van der Waals surface area (Å²) in [4.78, 5) is 0. The smallest absolute Gasteiger partial charge is 0.0340 e. The summed E-state index contributed by atoms with van der Waals surface area (Å²) in [6, 6.07) is 8.73. The van der Waals surface area contributed by atoms with Gasteiger partial charge in [-0.3, -0.25) is 0 Å². The Hall–Kier alpha value is -1.50. The fraction of sp³-hybridized carbons (Fsp3) is 0.545. The Balaban J connectivity index is 2.62. The van der Waals surface area contributed by atoms with Crippen molar-refractivity contribution in [2.75, 3.05) is 6.54 Å². The molecule has 0 bridgehead atoms. The van der Waals surface area contributed by atoms with Gasteiger partial charge in [0.25, 0.3) is 0 Å². The van der Waals surface area contributed by atoms with E-state index >= 15 is 0 Å². The van der Waals surface area contributed by atoms with Crippen molar-refractivity contribution in [3.8, 4) is 0 Å². The lowest BCUT2D eigenvalue weighted by molar-refractivity contribution is 0.494. The fourth-order valence-corrected chi connectivity index (χ4v) is 2.72. The van der Waals surface area contributed by atoms with Gasteiger partial charge in [0.15, 0.2) is 0 Å². The van der Waals surface area contributed by atoms with E-state index in [2.05, 4.69) is 83.8 Å². The molecule has 0 saturated heterocycles. The van der Waals surface area contributed by atoms with Crippen molar-refractivity contribution >= 4 is 11.3 Å². The first kappa shape index (κ1) is 19.5. The number of allylic oxidation sites excluding steroid dienone is 2. The van der Waals surface area contributed by atoms with Gasteiger partial charge in [0, 0.05) is 12.2 Å². The summed E-state index contributed by atoms with van der Waals surface area (Å²) < 4.78 is 0. The van der Waals surface area contributed by atoms with Gasteiger partial charge in [-0.15, -0.1) is 0 Å². The number of benzene rings is 1. The predicted octanol–water partition coefficient (Wildman–Crippen LogP) is 6.52. The molecule has 1 unspecified atom stereocenters. The highest BCUT2D eigenvalue weighted by atomic mass is 14.9.